The number of urea groups is 2. The zero-order valence-corrected chi connectivity index (χ0v) is 34.1. The van der Waals surface area contributed by atoms with Crippen LogP contribution in [0.5, 0.6) is 0 Å². The van der Waals surface area contributed by atoms with Gasteiger partial charge in [-0.05, 0) is 138 Å². The summed E-state index contributed by atoms with van der Waals surface area (Å²) in [4.78, 5) is 43.1. The van der Waals surface area contributed by atoms with E-state index in [9.17, 15) is 14.4 Å². The van der Waals surface area contributed by atoms with Crippen LogP contribution in [0.15, 0.2) is 109 Å². The Morgan fingerprint density at radius 1 is 0.517 bits per heavy atom. The summed E-state index contributed by atoms with van der Waals surface area (Å²) in [5.74, 6) is 0.0112. The second kappa shape index (κ2) is 22.6. The summed E-state index contributed by atoms with van der Waals surface area (Å²) in [7, 11) is 0. The molecule has 2 saturated heterocycles. The predicted molar refractivity (Wildman–Crippen MR) is 241 cm³/mol. The molecule has 0 aromatic heterocycles. The molecular formula is C45H60N10O3. The van der Waals surface area contributed by atoms with E-state index >= 15 is 0 Å². The van der Waals surface area contributed by atoms with Gasteiger partial charge in [0, 0.05) is 70.7 Å². The van der Waals surface area contributed by atoms with Gasteiger partial charge in [0.05, 0.1) is 6.17 Å². The summed E-state index contributed by atoms with van der Waals surface area (Å²) in [5.41, 5.74) is 6.45. The van der Waals surface area contributed by atoms with Crippen molar-refractivity contribution in [3.8, 4) is 0 Å². The Labute approximate surface area is 343 Å². The van der Waals surface area contributed by atoms with Crippen LogP contribution in [0.2, 0.25) is 0 Å². The van der Waals surface area contributed by atoms with Crippen molar-refractivity contribution in [2.75, 3.05) is 81.8 Å². The lowest BCUT2D eigenvalue weighted by Gasteiger charge is -2.19. The number of nitrogens with zero attached hydrogens (tertiary/aromatic N) is 2. The molecule has 1 unspecified atom stereocenters. The third-order valence-electron chi connectivity index (χ3n) is 9.64. The third-order valence-corrected chi connectivity index (χ3v) is 9.64. The quantitative estimate of drug-likeness (QED) is 0.0493. The summed E-state index contributed by atoms with van der Waals surface area (Å²) in [6, 6.07) is 28.6. The normalized spacial score (nSPS) is 14.3. The van der Waals surface area contributed by atoms with E-state index in [-0.39, 0.29) is 12.1 Å². The van der Waals surface area contributed by atoms with E-state index < -0.39 is 12.1 Å². The molecule has 0 spiro atoms. The minimum atomic E-state index is -0.430. The number of rotatable bonds is 17. The minimum Gasteiger partial charge on any atom is -0.366 e. The highest BCUT2D eigenvalue weighted by Gasteiger charge is 2.14. The molecule has 13 heteroatoms. The average molecular weight is 789 g/mol. The maximum atomic E-state index is 13.0. The molecule has 0 aliphatic carbocycles. The zero-order valence-electron chi connectivity index (χ0n) is 34.1. The first-order valence-corrected chi connectivity index (χ1v) is 20.5. The molecule has 58 heavy (non-hydrogen) atoms. The highest BCUT2D eigenvalue weighted by Crippen LogP contribution is 2.22. The molecule has 0 radical (unpaired) electrons. The second-order valence-electron chi connectivity index (χ2n) is 14.4. The highest BCUT2D eigenvalue weighted by atomic mass is 16.2. The molecule has 8 N–H and O–H groups in total. The lowest BCUT2D eigenvalue weighted by Crippen LogP contribution is -2.26. The largest absolute Gasteiger partial charge is 0.366 e. The van der Waals surface area contributed by atoms with Gasteiger partial charge in [-0.25, -0.2) is 9.59 Å². The number of benzene rings is 4. The maximum Gasteiger partial charge on any atom is 0.323 e. The summed E-state index contributed by atoms with van der Waals surface area (Å²) in [6.07, 6.45) is 6.12. The number of carbonyl (C=O) groups is 3. The molecule has 1 atom stereocenters. The smallest absolute Gasteiger partial charge is 0.323 e. The second-order valence-corrected chi connectivity index (χ2v) is 14.4. The Balaban J connectivity index is 0.00000315. The van der Waals surface area contributed by atoms with E-state index in [1.54, 1.807) is 30.3 Å². The van der Waals surface area contributed by atoms with E-state index in [0.717, 1.165) is 74.1 Å². The molecule has 2 heterocycles. The van der Waals surface area contributed by atoms with Crippen LogP contribution in [0.1, 0.15) is 59.3 Å². The van der Waals surface area contributed by atoms with E-state index in [1.807, 2.05) is 87.5 Å². The lowest BCUT2D eigenvalue weighted by atomic mass is 10.2. The average Bonchev–Trinajstić information content (AvgIpc) is 3.93. The van der Waals surface area contributed by atoms with E-state index in [2.05, 4.69) is 58.9 Å². The van der Waals surface area contributed by atoms with E-state index in [0.29, 0.717) is 29.2 Å². The van der Waals surface area contributed by atoms with Crippen LogP contribution in [0.3, 0.4) is 0 Å². The molecule has 2 aliphatic heterocycles. The SMILES string of the molecule is C=C(CCN1CCCC1)Nc1cccc(NC(=O)Nc2cccc(NC(=O)Nc3cccc(NC(C)Nc4cccc(NC(=O)CCN5CCCC5)c4)c3)c2)c1.CC. The predicted octanol–water partition coefficient (Wildman–Crippen LogP) is 9.71. The highest BCUT2D eigenvalue weighted by molar-refractivity contribution is 6.02. The van der Waals surface area contributed by atoms with Crippen LogP contribution < -0.4 is 42.5 Å². The van der Waals surface area contributed by atoms with Gasteiger partial charge in [0.1, 0.15) is 0 Å². The van der Waals surface area contributed by atoms with Crippen molar-refractivity contribution in [1.82, 2.24) is 9.80 Å². The molecular weight excluding hydrogens is 729 g/mol. The van der Waals surface area contributed by atoms with Crippen molar-refractivity contribution in [3.63, 3.8) is 0 Å². The van der Waals surface area contributed by atoms with Crippen LogP contribution in [0, 0.1) is 0 Å². The molecule has 308 valence electrons. The van der Waals surface area contributed by atoms with Crippen molar-refractivity contribution in [1.29, 1.82) is 0 Å². The van der Waals surface area contributed by atoms with Gasteiger partial charge in [-0.1, -0.05) is 44.7 Å². The van der Waals surface area contributed by atoms with Crippen LogP contribution in [-0.4, -0.2) is 73.2 Å². The van der Waals surface area contributed by atoms with Crippen LogP contribution >= 0.6 is 0 Å². The van der Waals surface area contributed by atoms with Crippen LogP contribution in [0.25, 0.3) is 0 Å². The van der Waals surface area contributed by atoms with Crippen molar-refractivity contribution < 1.29 is 14.4 Å². The fourth-order valence-electron chi connectivity index (χ4n) is 6.90. The Kier molecular flexibility index (Phi) is 16.8. The van der Waals surface area contributed by atoms with E-state index in [4.69, 9.17) is 0 Å². The molecule has 6 rings (SSSR count). The molecule has 5 amide bonds. The Hall–Kier alpha value is -6.05. The maximum absolute atomic E-state index is 13.0. The zero-order chi connectivity index (χ0) is 41.1. The van der Waals surface area contributed by atoms with Crippen molar-refractivity contribution >= 4 is 63.5 Å². The standard InChI is InChI=1S/C43H54N10O3.C2H6/c1-31(19-25-52-21-3-4-22-52)44-33-11-7-15-37(27-33)48-42(55)50-39-17-10-18-40(30-39)51-43(56)49-38-16-9-13-35(29-38)46-32(2)45-34-12-8-14-36(28-34)47-41(54)20-26-53-23-5-6-24-53;1-2/h7-18,27-30,32,44-46H,1,3-6,19-26H2,2H3,(H,47,54)(H2,48,50,55)(H2,49,51,56);1-2H3. The van der Waals surface area contributed by atoms with Gasteiger partial charge in [0.25, 0.3) is 0 Å². The number of nitrogens with one attached hydrogen (secondary N) is 8. The van der Waals surface area contributed by atoms with Crippen molar-refractivity contribution in [2.45, 2.75) is 65.5 Å². The Morgan fingerprint density at radius 2 is 0.845 bits per heavy atom. The van der Waals surface area contributed by atoms with E-state index in [1.165, 1.54) is 25.7 Å². The molecule has 2 fully saturated rings. The minimum absolute atomic E-state index is 0.0112. The van der Waals surface area contributed by atoms with Gasteiger partial charge >= 0.3 is 12.1 Å². The summed E-state index contributed by atoms with van der Waals surface area (Å²) in [6.45, 7) is 16.4. The van der Waals surface area contributed by atoms with Gasteiger partial charge < -0.3 is 52.3 Å². The summed E-state index contributed by atoms with van der Waals surface area (Å²) in [5, 5.41) is 24.6. The molecule has 4 aromatic rings. The van der Waals surface area contributed by atoms with Gasteiger partial charge in [0.2, 0.25) is 5.91 Å². The van der Waals surface area contributed by atoms with Crippen molar-refractivity contribution in [3.05, 3.63) is 109 Å². The Morgan fingerprint density at radius 3 is 1.26 bits per heavy atom. The van der Waals surface area contributed by atoms with Crippen LogP contribution in [-0.2, 0) is 4.79 Å². The number of likely N-dealkylation sites (tertiary alicyclic amines) is 2. The fraction of sp³-hybridized carbons (Fsp3) is 0.356. The van der Waals surface area contributed by atoms with Gasteiger partial charge in [-0.3, -0.25) is 4.79 Å². The number of carbonyl (C=O) groups excluding carboxylic acids is 3. The van der Waals surface area contributed by atoms with Gasteiger partial charge in [0.15, 0.2) is 0 Å². The summed E-state index contributed by atoms with van der Waals surface area (Å²) < 4.78 is 0. The summed E-state index contributed by atoms with van der Waals surface area (Å²) >= 11 is 0. The van der Waals surface area contributed by atoms with Gasteiger partial charge in [-0.15, -0.1) is 0 Å². The lowest BCUT2D eigenvalue weighted by molar-refractivity contribution is -0.116. The number of anilines is 8. The number of hydrogen-bond acceptors (Lipinski definition) is 8. The first-order chi connectivity index (χ1) is 28.2. The first kappa shape index (κ1) is 43.1. The molecule has 2 aliphatic rings. The number of hydrogen-bond donors (Lipinski definition) is 8. The molecule has 0 bridgehead atoms. The Bertz CT molecular complexity index is 1960. The van der Waals surface area contributed by atoms with Crippen molar-refractivity contribution in [2.24, 2.45) is 0 Å². The monoisotopic (exact) mass is 788 g/mol. The topological polar surface area (TPSA) is 154 Å². The first-order valence-electron chi connectivity index (χ1n) is 20.5. The molecule has 0 saturated carbocycles. The molecule has 4 aromatic carbocycles. The van der Waals surface area contributed by atoms with Crippen LogP contribution in [0.4, 0.5) is 55.1 Å². The van der Waals surface area contributed by atoms with Gasteiger partial charge in [-0.2, -0.15) is 0 Å². The molecule has 13 nitrogen and oxygen atoms in total. The number of amides is 5. The fourth-order valence-corrected chi connectivity index (χ4v) is 6.90. The third kappa shape index (κ3) is 14.8.